The molecule has 3 heterocycles. The SMILES string of the molecule is COc1ccc(C(=O)C2CCN(C(=O)c3cc4c(C)nn(-c5ccc(F)cc5)c4s3)CC2)cc1. The molecule has 0 radical (unpaired) electrons. The van der Waals surface area contributed by atoms with E-state index in [1.807, 2.05) is 17.9 Å². The lowest BCUT2D eigenvalue weighted by Gasteiger charge is -2.31. The van der Waals surface area contributed by atoms with E-state index in [0.29, 0.717) is 36.4 Å². The number of likely N-dealkylation sites (tertiary alicyclic amines) is 1. The molecule has 5 rings (SSSR count). The molecule has 0 aliphatic carbocycles. The van der Waals surface area contributed by atoms with Gasteiger partial charge in [-0.05, 0) is 74.4 Å². The number of halogens is 1. The molecule has 6 nitrogen and oxygen atoms in total. The number of piperidine rings is 1. The number of benzene rings is 2. The minimum absolute atomic E-state index is 0.0263. The number of rotatable bonds is 5. The van der Waals surface area contributed by atoms with Crippen LogP contribution in [0.5, 0.6) is 5.75 Å². The summed E-state index contributed by atoms with van der Waals surface area (Å²) in [6, 6.07) is 15.2. The van der Waals surface area contributed by atoms with Crippen molar-refractivity contribution in [3.63, 3.8) is 0 Å². The minimum Gasteiger partial charge on any atom is -0.497 e. The number of Topliss-reactive ketones (excluding diaryl/α,β-unsaturated/α-hetero) is 1. The van der Waals surface area contributed by atoms with Gasteiger partial charge >= 0.3 is 0 Å². The van der Waals surface area contributed by atoms with Crippen molar-refractivity contribution in [3.05, 3.63) is 76.5 Å². The van der Waals surface area contributed by atoms with Crippen molar-refractivity contribution in [1.29, 1.82) is 0 Å². The van der Waals surface area contributed by atoms with Crippen LogP contribution in [-0.4, -0.2) is 46.6 Å². The molecule has 0 spiro atoms. The molecule has 0 saturated carbocycles. The lowest BCUT2D eigenvalue weighted by molar-refractivity contribution is 0.0654. The number of fused-ring (bicyclic) bond motifs is 1. The van der Waals surface area contributed by atoms with Gasteiger partial charge in [-0.2, -0.15) is 5.10 Å². The summed E-state index contributed by atoms with van der Waals surface area (Å²) in [5.74, 6) is 0.417. The van der Waals surface area contributed by atoms with E-state index >= 15 is 0 Å². The molecule has 4 aromatic rings. The van der Waals surface area contributed by atoms with E-state index in [2.05, 4.69) is 5.10 Å². The molecule has 2 aromatic heterocycles. The predicted molar refractivity (Wildman–Crippen MR) is 130 cm³/mol. The Morgan fingerprint density at radius 1 is 1.06 bits per heavy atom. The van der Waals surface area contributed by atoms with Crippen LogP contribution in [0.25, 0.3) is 15.9 Å². The van der Waals surface area contributed by atoms with Crippen LogP contribution in [0.1, 0.15) is 38.6 Å². The fraction of sp³-hybridized carbons (Fsp3) is 0.269. The quantitative estimate of drug-likeness (QED) is 0.367. The van der Waals surface area contributed by atoms with E-state index in [-0.39, 0.29) is 23.4 Å². The Hall–Kier alpha value is -3.52. The van der Waals surface area contributed by atoms with E-state index in [1.165, 1.54) is 23.5 Å². The van der Waals surface area contributed by atoms with E-state index in [1.54, 1.807) is 48.2 Å². The molecule has 0 atom stereocenters. The van der Waals surface area contributed by atoms with Gasteiger partial charge in [-0.25, -0.2) is 9.07 Å². The van der Waals surface area contributed by atoms with Crippen LogP contribution >= 0.6 is 11.3 Å². The summed E-state index contributed by atoms with van der Waals surface area (Å²) in [6.45, 7) is 2.99. The number of ketones is 1. The smallest absolute Gasteiger partial charge is 0.264 e. The molecule has 2 aromatic carbocycles. The average molecular weight is 478 g/mol. The lowest BCUT2D eigenvalue weighted by Crippen LogP contribution is -2.40. The zero-order chi connectivity index (χ0) is 23.8. The second-order valence-corrected chi connectivity index (χ2v) is 9.49. The first-order valence-corrected chi connectivity index (χ1v) is 12.0. The van der Waals surface area contributed by atoms with Gasteiger partial charge in [0.15, 0.2) is 5.78 Å². The van der Waals surface area contributed by atoms with Crippen LogP contribution in [0.3, 0.4) is 0 Å². The summed E-state index contributed by atoms with van der Waals surface area (Å²) in [5.41, 5.74) is 2.24. The van der Waals surface area contributed by atoms with Crippen molar-refractivity contribution in [2.24, 2.45) is 5.92 Å². The number of amides is 1. The molecule has 1 amide bonds. The molecular weight excluding hydrogens is 453 g/mol. The van der Waals surface area contributed by atoms with Gasteiger partial charge < -0.3 is 9.64 Å². The van der Waals surface area contributed by atoms with Crippen molar-refractivity contribution >= 4 is 33.2 Å². The van der Waals surface area contributed by atoms with Gasteiger partial charge in [0, 0.05) is 30.0 Å². The fourth-order valence-electron chi connectivity index (χ4n) is 4.40. The highest BCUT2D eigenvalue weighted by Gasteiger charge is 2.29. The highest BCUT2D eigenvalue weighted by atomic mass is 32.1. The largest absolute Gasteiger partial charge is 0.497 e. The summed E-state index contributed by atoms with van der Waals surface area (Å²) in [5, 5.41) is 5.48. The number of carbonyl (C=O) groups excluding carboxylic acids is 2. The third-order valence-corrected chi connectivity index (χ3v) is 7.45. The zero-order valence-corrected chi connectivity index (χ0v) is 19.8. The molecule has 34 heavy (non-hydrogen) atoms. The summed E-state index contributed by atoms with van der Waals surface area (Å²) in [7, 11) is 1.60. The van der Waals surface area contributed by atoms with E-state index in [9.17, 15) is 14.0 Å². The maximum atomic E-state index is 13.3. The van der Waals surface area contributed by atoms with Crippen LogP contribution in [0.2, 0.25) is 0 Å². The Kier molecular flexibility index (Phi) is 5.91. The Bertz CT molecular complexity index is 1350. The number of nitrogens with zero attached hydrogens (tertiary/aromatic N) is 3. The highest BCUT2D eigenvalue weighted by molar-refractivity contribution is 7.20. The minimum atomic E-state index is -0.306. The number of aromatic nitrogens is 2. The van der Waals surface area contributed by atoms with Crippen molar-refractivity contribution in [3.8, 4) is 11.4 Å². The Labute approximate surface area is 200 Å². The number of hydrogen-bond donors (Lipinski definition) is 0. The van der Waals surface area contributed by atoms with Crippen molar-refractivity contribution in [1.82, 2.24) is 14.7 Å². The lowest BCUT2D eigenvalue weighted by atomic mass is 9.89. The average Bonchev–Trinajstić information content (AvgIpc) is 3.44. The number of thiophene rings is 1. The van der Waals surface area contributed by atoms with Gasteiger partial charge in [0.05, 0.1) is 23.4 Å². The monoisotopic (exact) mass is 477 g/mol. The summed E-state index contributed by atoms with van der Waals surface area (Å²) in [6.07, 6.45) is 1.29. The molecule has 0 unspecified atom stereocenters. The number of aryl methyl sites for hydroxylation is 1. The molecule has 1 fully saturated rings. The first-order chi connectivity index (χ1) is 16.4. The van der Waals surface area contributed by atoms with Gasteiger partial charge in [0.25, 0.3) is 5.91 Å². The van der Waals surface area contributed by atoms with Crippen molar-refractivity contribution in [2.75, 3.05) is 20.2 Å². The second kappa shape index (κ2) is 9.02. The second-order valence-electron chi connectivity index (χ2n) is 8.46. The molecule has 1 aliphatic heterocycles. The molecule has 1 aliphatic rings. The van der Waals surface area contributed by atoms with Crippen LogP contribution in [0.15, 0.2) is 54.6 Å². The van der Waals surface area contributed by atoms with Gasteiger partial charge in [-0.3, -0.25) is 9.59 Å². The van der Waals surface area contributed by atoms with E-state index in [4.69, 9.17) is 4.74 Å². The van der Waals surface area contributed by atoms with Crippen molar-refractivity contribution < 1.29 is 18.7 Å². The first kappa shape index (κ1) is 22.3. The molecule has 174 valence electrons. The van der Waals surface area contributed by atoms with E-state index in [0.717, 1.165) is 27.3 Å². The Morgan fingerprint density at radius 3 is 2.38 bits per heavy atom. The van der Waals surface area contributed by atoms with Gasteiger partial charge in [0.2, 0.25) is 0 Å². The highest BCUT2D eigenvalue weighted by Crippen LogP contribution is 2.32. The van der Waals surface area contributed by atoms with Crippen LogP contribution < -0.4 is 4.74 Å². The van der Waals surface area contributed by atoms with Crippen LogP contribution in [0, 0.1) is 18.7 Å². The molecule has 0 N–H and O–H groups in total. The normalized spacial score (nSPS) is 14.5. The topological polar surface area (TPSA) is 64.4 Å². The predicted octanol–water partition coefficient (Wildman–Crippen LogP) is 5.28. The maximum absolute atomic E-state index is 13.3. The summed E-state index contributed by atoms with van der Waals surface area (Å²) in [4.78, 5) is 29.5. The molecule has 0 bridgehead atoms. The van der Waals surface area contributed by atoms with Crippen molar-refractivity contribution in [2.45, 2.75) is 19.8 Å². The van der Waals surface area contributed by atoms with Crippen LogP contribution in [0.4, 0.5) is 4.39 Å². The van der Waals surface area contributed by atoms with Gasteiger partial charge in [0.1, 0.15) is 16.4 Å². The summed E-state index contributed by atoms with van der Waals surface area (Å²) < 4.78 is 20.3. The number of carbonyl (C=O) groups is 2. The van der Waals surface area contributed by atoms with E-state index < -0.39 is 0 Å². The number of ether oxygens (including phenoxy) is 1. The fourth-order valence-corrected chi connectivity index (χ4v) is 5.55. The first-order valence-electron chi connectivity index (χ1n) is 11.2. The third kappa shape index (κ3) is 4.09. The third-order valence-electron chi connectivity index (χ3n) is 6.35. The molecule has 1 saturated heterocycles. The number of methoxy groups -OCH3 is 1. The Balaban J connectivity index is 1.30. The van der Waals surface area contributed by atoms with Gasteiger partial charge in [-0.15, -0.1) is 11.3 Å². The maximum Gasteiger partial charge on any atom is 0.264 e. The van der Waals surface area contributed by atoms with Gasteiger partial charge in [-0.1, -0.05) is 0 Å². The standard InChI is InChI=1S/C26H24FN3O3S/c1-16-22-15-23(34-26(22)30(28-16)20-7-5-19(27)6-8-20)25(32)29-13-11-18(12-14-29)24(31)17-3-9-21(33-2)10-4-17/h3-10,15,18H,11-14H2,1-2H3. The Morgan fingerprint density at radius 2 is 1.74 bits per heavy atom. The molecular formula is C26H24FN3O3S. The number of hydrogen-bond acceptors (Lipinski definition) is 5. The zero-order valence-electron chi connectivity index (χ0n) is 19.0. The van der Waals surface area contributed by atoms with Crippen LogP contribution in [-0.2, 0) is 0 Å². The summed E-state index contributed by atoms with van der Waals surface area (Å²) >= 11 is 1.39. The molecule has 8 heteroatoms.